The molecule has 0 amide bonds. The van der Waals surface area contributed by atoms with E-state index >= 15 is 0 Å². The Hall–Kier alpha value is -0.120. The zero-order chi connectivity index (χ0) is 15.8. The van der Waals surface area contributed by atoms with Crippen LogP contribution < -0.4 is 5.32 Å². The van der Waals surface area contributed by atoms with Crippen LogP contribution in [-0.4, -0.2) is 50.8 Å². The summed E-state index contributed by atoms with van der Waals surface area (Å²) in [6.07, 6.45) is 5.32. The van der Waals surface area contributed by atoms with Gasteiger partial charge in [-0.05, 0) is 57.4 Å². The van der Waals surface area contributed by atoms with Crippen LogP contribution in [0.25, 0.3) is 0 Å². The van der Waals surface area contributed by atoms with E-state index in [1.165, 1.54) is 32.2 Å². The molecule has 0 radical (unpaired) electrons. The first-order valence-electron chi connectivity index (χ1n) is 8.93. The molecule has 0 aliphatic heterocycles. The van der Waals surface area contributed by atoms with Gasteiger partial charge in [0.05, 0.1) is 6.61 Å². The van der Waals surface area contributed by atoms with Crippen LogP contribution in [0.15, 0.2) is 0 Å². The molecule has 0 spiro atoms. The number of hydrogen-bond donors (Lipinski definition) is 1. The van der Waals surface area contributed by atoms with E-state index in [0.29, 0.717) is 12.1 Å². The average Bonchev–Trinajstić information content (AvgIpc) is 2.50. The molecule has 0 aromatic rings. The van der Waals surface area contributed by atoms with Crippen LogP contribution in [0.4, 0.5) is 0 Å². The molecule has 1 N–H and O–H groups in total. The van der Waals surface area contributed by atoms with E-state index in [0.717, 1.165) is 30.9 Å². The summed E-state index contributed by atoms with van der Waals surface area (Å²) >= 11 is 0. The van der Waals surface area contributed by atoms with Gasteiger partial charge < -0.3 is 10.1 Å². The summed E-state index contributed by atoms with van der Waals surface area (Å²) in [7, 11) is 3.94. The molecule has 1 rings (SSSR count). The van der Waals surface area contributed by atoms with Gasteiger partial charge in [0.15, 0.2) is 0 Å². The molecule has 1 saturated carbocycles. The van der Waals surface area contributed by atoms with Crippen molar-refractivity contribution >= 4 is 0 Å². The fraction of sp³-hybridized carbons (Fsp3) is 1.00. The first kappa shape index (κ1) is 18.9. The lowest BCUT2D eigenvalue weighted by atomic mass is 9.73. The molecule has 126 valence electrons. The Morgan fingerprint density at radius 3 is 2.48 bits per heavy atom. The maximum Gasteiger partial charge on any atom is 0.0589 e. The van der Waals surface area contributed by atoms with Crippen molar-refractivity contribution in [1.82, 2.24) is 10.2 Å². The summed E-state index contributed by atoms with van der Waals surface area (Å²) in [5.41, 5.74) is 0. The van der Waals surface area contributed by atoms with Crippen LogP contribution in [0.5, 0.6) is 0 Å². The molecule has 0 aromatic heterocycles. The number of nitrogens with one attached hydrogen (secondary N) is 1. The lowest BCUT2D eigenvalue weighted by Gasteiger charge is -2.41. The number of ether oxygens (including phenoxy) is 1. The monoisotopic (exact) mass is 298 g/mol. The third-order valence-corrected chi connectivity index (χ3v) is 5.60. The van der Waals surface area contributed by atoms with E-state index in [4.69, 9.17) is 4.74 Å². The summed E-state index contributed by atoms with van der Waals surface area (Å²) in [6.45, 7) is 12.5. The predicted molar refractivity (Wildman–Crippen MR) is 91.7 cm³/mol. The highest BCUT2D eigenvalue weighted by atomic mass is 16.5. The Morgan fingerprint density at radius 2 is 1.95 bits per heavy atom. The van der Waals surface area contributed by atoms with Crippen molar-refractivity contribution in [2.75, 3.05) is 33.9 Å². The van der Waals surface area contributed by atoms with E-state index < -0.39 is 0 Å². The summed E-state index contributed by atoms with van der Waals surface area (Å²) < 4.78 is 5.31. The van der Waals surface area contributed by atoms with Gasteiger partial charge in [-0.1, -0.05) is 20.8 Å². The Labute approximate surface area is 132 Å². The highest BCUT2D eigenvalue weighted by molar-refractivity contribution is 4.87. The number of methoxy groups -OCH3 is 1. The lowest BCUT2D eigenvalue weighted by Crippen LogP contribution is -2.48. The largest absolute Gasteiger partial charge is 0.383 e. The average molecular weight is 299 g/mol. The molecular weight excluding hydrogens is 260 g/mol. The second-order valence-electron chi connectivity index (χ2n) is 7.22. The van der Waals surface area contributed by atoms with Crippen LogP contribution in [-0.2, 0) is 4.74 Å². The molecule has 1 aliphatic rings. The molecule has 4 atom stereocenters. The Balaban J connectivity index is 2.67. The van der Waals surface area contributed by atoms with E-state index in [1.54, 1.807) is 7.11 Å². The van der Waals surface area contributed by atoms with Crippen LogP contribution in [0.1, 0.15) is 53.4 Å². The topological polar surface area (TPSA) is 24.5 Å². The molecule has 0 bridgehead atoms. The van der Waals surface area contributed by atoms with Crippen molar-refractivity contribution in [3.05, 3.63) is 0 Å². The van der Waals surface area contributed by atoms with Crippen molar-refractivity contribution in [3.63, 3.8) is 0 Å². The van der Waals surface area contributed by atoms with Gasteiger partial charge in [0.1, 0.15) is 0 Å². The van der Waals surface area contributed by atoms with Crippen LogP contribution in [0.3, 0.4) is 0 Å². The number of rotatable bonds is 9. The maximum atomic E-state index is 5.31. The van der Waals surface area contributed by atoms with Crippen molar-refractivity contribution in [2.24, 2.45) is 17.8 Å². The van der Waals surface area contributed by atoms with Gasteiger partial charge in [-0.2, -0.15) is 0 Å². The summed E-state index contributed by atoms with van der Waals surface area (Å²) in [4.78, 5) is 2.64. The minimum atomic E-state index is 0.650. The van der Waals surface area contributed by atoms with Crippen LogP contribution in [0, 0.1) is 17.8 Å². The van der Waals surface area contributed by atoms with Gasteiger partial charge >= 0.3 is 0 Å². The van der Waals surface area contributed by atoms with Gasteiger partial charge in [0.2, 0.25) is 0 Å². The Bertz CT molecular complexity index is 270. The van der Waals surface area contributed by atoms with Crippen LogP contribution >= 0.6 is 0 Å². The first-order valence-corrected chi connectivity index (χ1v) is 8.93. The fourth-order valence-corrected chi connectivity index (χ4v) is 3.75. The molecule has 0 saturated heterocycles. The van der Waals surface area contributed by atoms with Gasteiger partial charge in [-0.3, -0.25) is 4.90 Å². The molecular formula is C18H38N2O. The second kappa shape index (κ2) is 9.81. The number of nitrogens with zero attached hydrogens (tertiary/aromatic N) is 1. The molecule has 4 unspecified atom stereocenters. The smallest absolute Gasteiger partial charge is 0.0589 e. The van der Waals surface area contributed by atoms with Crippen molar-refractivity contribution in [1.29, 1.82) is 0 Å². The zero-order valence-corrected chi connectivity index (χ0v) is 15.2. The molecule has 0 aromatic carbocycles. The molecule has 0 heterocycles. The summed E-state index contributed by atoms with van der Waals surface area (Å²) in [5, 5.41) is 3.57. The van der Waals surface area contributed by atoms with Crippen LogP contribution in [0.2, 0.25) is 0 Å². The van der Waals surface area contributed by atoms with E-state index in [1.807, 2.05) is 0 Å². The zero-order valence-electron chi connectivity index (χ0n) is 15.2. The second-order valence-corrected chi connectivity index (χ2v) is 7.22. The first-order chi connectivity index (χ1) is 10.0. The lowest BCUT2D eigenvalue weighted by molar-refractivity contribution is 0.0775. The molecule has 1 aliphatic carbocycles. The highest BCUT2D eigenvalue weighted by Gasteiger charge is 2.32. The van der Waals surface area contributed by atoms with E-state index in [2.05, 4.69) is 45.0 Å². The third-order valence-electron chi connectivity index (χ3n) is 5.60. The quantitative estimate of drug-likeness (QED) is 0.706. The molecule has 3 heteroatoms. The molecule has 3 nitrogen and oxygen atoms in total. The minimum absolute atomic E-state index is 0.650. The van der Waals surface area contributed by atoms with E-state index in [-0.39, 0.29) is 0 Å². The maximum absolute atomic E-state index is 5.31. The minimum Gasteiger partial charge on any atom is -0.383 e. The van der Waals surface area contributed by atoms with Gasteiger partial charge in [-0.15, -0.1) is 0 Å². The van der Waals surface area contributed by atoms with Crippen molar-refractivity contribution < 1.29 is 4.74 Å². The van der Waals surface area contributed by atoms with Crippen molar-refractivity contribution in [2.45, 2.75) is 65.5 Å². The standard InChI is InChI=1S/C18H38N2O/c1-7-15(4)20(10-11-21-6)13-17-12-16(14(2)3)8-9-18(17)19-5/h14-19H,7-13H2,1-6H3. The molecule has 1 fully saturated rings. The molecule has 21 heavy (non-hydrogen) atoms. The highest BCUT2D eigenvalue weighted by Crippen LogP contribution is 2.34. The predicted octanol–water partition coefficient (Wildman–Crippen LogP) is 3.39. The van der Waals surface area contributed by atoms with Gasteiger partial charge in [0.25, 0.3) is 0 Å². The number of hydrogen-bond acceptors (Lipinski definition) is 3. The Kier molecular flexibility index (Phi) is 8.84. The van der Waals surface area contributed by atoms with E-state index in [9.17, 15) is 0 Å². The summed E-state index contributed by atoms with van der Waals surface area (Å²) in [5.74, 6) is 2.50. The van der Waals surface area contributed by atoms with Crippen molar-refractivity contribution in [3.8, 4) is 0 Å². The third kappa shape index (κ3) is 5.88. The fourth-order valence-electron chi connectivity index (χ4n) is 3.75. The normalized spacial score (nSPS) is 28.3. The Morgan fingerprint density at radius 1 is 1.24 bits per heavy atom. The summed E-state index contributed by atoms with van der Waals surface area (Å²) in [6, 6.07) is 1.34. The van der Waals surface area contributed by atoms with Gasteiger partial charge in [0, 0.05) is 32.3 Å². The SMILES string of the molecule is CCC(C)N(CCOC)CC1CC(C(C)C)CCC1NC. The van der Waals surface area contributed by atoms with Gasteiger partial charge in [-0.25, -0.2) is 0 Å².